The maximum absolute atomic E-state index is 12.2. The van der Waals surface area contributed by atoms with Crippen molar-refractivity contribution in [1.82, 2.24) is 4.31 Å². The van der Waals surface area contributed by atoms with E-state index in [1.807, 2.05) is 30.3 Å². The molecule has 0 spiro atoms. The van der Waals surface area contributed by atoms with Crippen molar-refractivity contribution in [2.45, 2.75) is 37.7 Å². The van der Waals surface area contributed by atoms with Crippen LogP contribution in [0.2, 0.25) is 0 Å². The summed E-state index contributed by atoms with van der Waals surface area (Å²) in [5.74, 6) is 0. The average Bonchev–Trinajstić information content (AvgIpc) is 3.08. The highest BCUT2D eigenvalue weighted by molar-refractivity contribution is 7.90. The van der Waals surface area contributed by atoms with Gasteiger partial charge in [-0.15, -0.1) is 0 Å². The van der Waals surface area contributed by atoms with Crippen molar-refractivity contribution >= 4 is 10.0 Å². The minimum Gasteiger partial charge on any atom is -0.387 e. The molecule has 5 heteroatoms. The first-order valence-corrected chi connectivity index (χ1v) is 7.43. The van der Waals surface area contributed by atoms with Crippen LogP contribution in [0.25, 0.3) is 0 Å². The quantitative estimate of drug-likeness (QED) is 0.847. The Bertz CT molecular complexity index is 519. The molecule has 1 N–H and O–H groups in total. The van der Waals surface area contributed by atoms with E-state index in [0.29, 0.717) is 6.54 Å². The molecule has 2 unspecified atom stereocenters. The molecule has 1 heterocycles. The summed E-state index contributed by atoms with van der Waals surface area (Å²) < 4.78 is 24.9. The van der Waals surface area contributed by atoms with Crippen LogP contribution in [0.3, 0.4) is 0 Å². The summed E-state index contributed by atoms with van der Waals surface area (Å²) in [6, 6.07) is 8.84. The number of aliphatic hydroxyl groups excluding tert-OH is 1. The molecule has 4 nitrogen and oxygen atoms in total. The van der Waals surface area contributed by atoms with Gasteiger partial charge >= 0.3 is 0 Å². The third kappa shape index (κ3) is 2.30. The third-order valence-electron chi connectivity index (χ3n) is 3.19. The zero-order chi connectivity index (χ0) is 13.6. The second kappa shape index (κ2) is 4.33. The van der Waals surface area contributed by atoms with E-state index in [1.165, 1.54) is 4.31 Å². The molecule has 1 fully saturated rings. The zero-order valence-electron chi connectivity index (χ0n) is 10.9. The lowest BCUT2D eigenvalue weighted by Gasteiger charge is -2.21. The van der Waals surface area contributed by atoms with Crippen molar-refractivity contribution in [3.63, 3.8) is 0 Å². The summed E-state index contributed by atoms with van der Waals surface area (Å²) in [6.07, 6.45) is -0.747. The summed E-state index contributed by atoms with van der Waals surface area (Å²) in [6.45, 7) is 5.42. The van der Waals surface area contributed by atoms with Gasteiger partial charge in [-0.05, 0) is 26.3 Å². The van der Waals surface area contributed by atoms with Gasteiger partial charge in [0.2, 0.25) is 10.0 Å². The Morgan fingerprint density at radius 1 is 1.28 bits per heavy atom. The smallest absolute Gasteiger partial charge is 0.219 e. The Kier molecular flexibility index (Phi) is 3.25. The SMILES string of the molecule is CC(C)(C)S(=O)(=O)N1C[C@@H]1C(O)c1ccccc1. The van der Waals surface area contributed by atoms with E-state index in [0.717, 1.165) is 5.56 Å². The Balaban J connectivity index is 2.13. The van der Waals surface area contributed by atoms with Crippen LogP contribution in [0, 0.1) is 0 Å². The normalized spacial score (nSPS) is 25.8. The maximum Gasteiger partial charge on any atom is 0.219 e. The van der Waals surface area contributed by atoms with E-state index in [1.54, 1.807) is 20.8 Å². The second-order valence-electron chi connectivity index (χ2n) is 5.61. The molecule has 0 amide bonds. The maximum atomic E-state index is 12.2. The second-order valence-corrected chi connectivity index (χ2v) is 8.25. The first-order chi connectivity index (χ1) is 8.25. The molecule has 18 heavy (non-hydrogen) atoms. The van der Waals surface area contributed by atoms with Crippen LogP contribution < -0.4 is 0 Å². The van der Waals surface area contributed by atoms with Crippen molar-refractivity contribution < 1.29 is 13.5 Å². The predicted octanol–water partition coefficient (Wildman–Crippen LogP) is 1.53. The summed E-state index contributed by atoms with van der Waals surface area (Å²) in [5.41, 5.74) is 0.758. The van der Waals surface area contributed by atoms with Crippen molar-refractivity contribution in [2.24, 2.45) is 0 Å². The van der Waals surface area contributed by atoms with Gasteiger partial charge in [0.15, 0.2) is 0 Å². The summed E-state index contributed by atoms with van der Waals surface area (Å²) in [5, 5.41) is 10.2. The summed E-state index contributed by atoms with van der Waals surface area (Å²) in [4.78, 5) is 0. The van der Waals surface area contributed by atoms with Gasteiger partial charge in [-0.3, -0.25) is 0 Å². The van der Waals surface area contributed by atoms with E-state index >= 15 is 0 Å². The van der Waals surface area contributed by atoms with Crippen LogP contribution in [0.1, 0.15) is 32.4 Å². The fourth-order valence-corrected chi connectivity index (χ4v) is 3.42. The molecule has 0 saturated carbocycles. The van der Waals surface area contributed by atoms with Crippen LogP contribution in [-0.4, -0.2) is 35.2 Å². The Labute approximate surface area is 108 Å². The molecule has 0 aliphatic carbocycles. The molecule has 1 aliphatic rings. The lowest BCUT2D eigenvalue weighted by molar-refractivity contribution is 0.167. The van der Waals surface area contributed by atoms with Gasteiger partial charge in [-0.2, -0.15) is 4.31 Å². The fourth-order valence-electron chi connectivity index (χ4n) is 1.90. The first kappa shape index (κ1) is 13.5. The molecule has 0 radical (unpaired) electrons. The molecule has 0 aromatic heterocycles. The average molecular weight is 269 g/mol. The number of rotatable bonds is 3. The predicted molar refractivity (Wildman–Crippen MR) is 70.6 cm³/mol. The number of nitrogens with zero attached hydrogens (tertiary/aromatic N) is 1. The highest BCUT2D eigenvalue weighted by atomic mass is 32.2. The third-order valence-corrected chi connectivity index (χ3v) is 5.78. The molecule has 0 bridgehead atoms. The van der Waals surface area contributed by atoms with Crippen molar-refractivity contribution in [2.75, 3.05) is 6.54 Å². The lowest BCUT2D eigenvalue weighted by Crippen LogP contribution is -2.35. The lowest BCUT2D eigenvalue weighted by atomic mass is 10.1. The standard InChI is InChI=1S/C13H19NO3S/c1-13(2,3)18(16,17)14-9-11(14)12(15)10-7-5-4-6-8-10/h4-8,11-12,15H,9H2,1-3H3/t11-,12?,14?/m1/s1. The van der Waals surface area contributed by atoms with Crippen molar-refractivity contribution in [3.05, 3.63) is 35.9 Å². The molecular weight excluding hydrogens is 250 g/mol. The number of hydrogen-bond acceptors (Lipinski definition) is 3. The summed E-state index contributed by atoms with van der Waals surface area (Å²) in [7, 11) is -3.33. The molecular formula is C13H19NO3S. The topological polar surface area (TPSA) is 57.4 Å². The van der Waals surface area contributed by atoms with Gasteiger partial charge in [0, 0.05) is 6.54 Å². The monoisotopic (exact) mass is 269 g/mol. The van der Waals surface area contributed by atoms with Crippen LogP contribution in [0.4, 0.5) is 0 Å². The molecule has 100 valence electrons. The van der Waals surface area contributed by atoms with Gasteiger partial charge in [0.1, 0.15) is 0 Å². The fraction of sp³-hybridized carbons (Fsp3) is 0.538. The van der Waals surface area contributed by atoms with Gasteiger partial charge < -0.3 is 5.11 Å². The number of benzene rings is 1. The Morgan fingerprint density at radius 2 is 1.83 bits per heavy atom. The molecule has 2 rings (SSSR count). The number of sulfonamides is 1. The van der Waals surface area contributed by atoms with Gasteiger partial charge in [0.05, 0.1) is 16.9 Å². The number of aliphatic hydroxyl groups is 1. The van der Waals surface area contributed by atoms with Gasteiger partial charge in [-0.1, -0.05) is 30.3 Å². The highest BCUT2D eigenvalue weighted by Gasteiger charge is 2.52. The first-order valence-electron chi connectivity index (χ1n) is 5.99. The van der Waals surface area contributed by atoms with Crippen LogP contribution >= 0.6 is 0 Å². The molecule has 1 saturated heterocycles. The van der Waals surface area contributed by atoms with Crippen LogP contribution in [0.15, 0.2) is 30.3 Å². The largest absolute Gasteiger partial charge is 0.387 e. The molecule has 3 atom stereocenters. The van der Waals surface area contributed by atoms with E-state index in [2.05, 4.69) is 0 Å². The van der Waals surface area contributed by atoms with Crippen LogP contribution in [0.5, 0.6) is 0 Å². The zero-order valence-corrected chi connectivity index (χ0v) is 11.7. The molecule has 1 aromatic carbocycles. The van der Waals surface area contributed by atoms with E-state index in [4.69, 9.17) is 0 Å². The Hall–Kier alpha value is -0.910. The summed E-state index contributed by atoms with van der Waals surface area (Å²) >= 11 is 0. The van der Waals surface area contributed by atoms with E-state index < -0.39 is 20.9 Å². The van der Waals surface area contributed by atoms with E-state index in [-0.39, 0.29) is 6.04 Å². The highest BCUT2D eigenvalue weighted by Crippen LogP contribution is 2.37. The van der Waals surface area contributed by atoms with Crippen molar-refractivity contribution in [3.8, 4) is 0 Å². The van der Waals surface area contributed by atoms with E-state index in [9.17, 15) is 13.5 Å². The van der Waals surface area contributed by atoms with Gasteiger partial charge in [-0.25, -0.2) is 8.42 Å². The Morgan fingerprint density at radius 3 is 2.33 bits per heavy atom. The minimum atomic E-state index is -3.33. The molecule has 1 aliphatic heterocycles. The molecule has 1 aromatic rings. The van der Waals surface area contributed by atoms with Crippen molar-refractivity contribution in [1.29, 1.82) is 0 Å². The van der Waals surface area contributed by atoms with Crippen LogP contribution in [-0.2, 0) is 10.0 Å². The van der Waals surface area contributed by atoms with Gasteiger partial charge in [0.25, 0.3) is 0 Å². The number of hydrogen-bond donors (Lipinski definition) is 1. The minimum absolute atomic E-state index is 0.323.